The molecule has 22 heavy (non-hydrogen) atoms. The van der Waals surface area contributed by atoms with E-state index < -0.39 is 18.0 Å². The second-order valence-electron chi connectivity index (χ2n) is 7.35. The quantitative estimate of drug-likeness (QED) is 0.817. The Hall–Kier alpha value is -1.10. The van der Waals surface area contributed by atoms with Crippen molar-refractivity contribution in [2.45, 2.75) is 84.8 Å². The fourth-order valence-electron chi connectivity index (χ4n) is 3.56. The molecule has 128 valence electrons. The Balaban J connectivity index is 0.00000116. The topological polar surface area (TPSA) is 89.4 Å². The van der Waals surface area contributed by atoms with Crippen molar-refractivity contribution < 1.29 is 9.59 Å². The molecule has 0 aromatic heterocycles. The summed E-state index contributed by atoms with van der Waals surface area (Å²) < 4.78 is 0. The molecule has 2 amide bonds. The Bertz CT molecular complexity index is 403. The lowest BCUT2D eigenvalue weighted by molar-refractivity contribution is -0.142. The number of carbonyl (C=O) groups is 2. The van der Waals surface area contributed by atoms with Crippen LogP contribution in [0.1, 0.15) is 66.7 Å². The van der Waals surface area contributed by atoms with E-state index in [0.717, 1.165) is 19.3 Å². The highest BCUT2D eigenvalue weighted by Crippen LogP contribution is 2.40. The molecule has 1 saturated heterocycles. The van der Waals surface area contributed by atoms with E-state index in [1.54, 1.807) is 4.90 Å². The van der Waals surface area contributed by atoms with Crippen molar-refractivity contribution in [3.63, 3.8) is 0 Å². The lowest BCUT2D eigenvalue weighted by Crippen LogP contribution is -2.57. The van der Waals surface area contributed by atoms with E-state index in [2.05, 4.69) is 0 Å². The SMILES string of the molecule is CC.CC(C)(C)C(N)C(=O)N1C2CCCCC2C[C@H]1C(N)=O. The molecular weight excluding hydrogens is 278 g/mol. The van der Waals surface area contributed by atoms with Crippen LogP contribution in [0.25, 0.3) is 0 Å². The van der Waals surface area contributed by atoms with Gasteiger partial charge in [-0.3, -0.25) is 9.59 Å². The summed E-state index contributed by atoms with van der Waals surface area (Å²) in [5.74, 6) is -0.0954. The summed E-state index contributed by atoms with van der Waals surface area (Å²) in [6, 6.07) is -0.906. The number of nitrogens with two attached hydrogens (primary N) is 2. The summed E-state index contributed by atoms with van der Waals surface area (Å²) >= 11 is 0. The number of nitrogens with zero attached hydrogens (tertiary/aromatic N) is 1. The van der Waals surface area contributed by atoms with Gasteiger partial charge in [-0.05, 0) is 30.6 Å². The molecule has 1 aliphatic heterocycles. The van der Waals surface area contributed by atoms with Gasteiger partial charge in [-0.1, -0.05) is 47.5 Å². The Labute approximate surface area is 134 Å². The van der Waals surface area contributed by atoms with Crippen molar-refractivity contribution in [3.8, 4) is 0 Å². The van der Waals surface area contributed by atoms with Gasteiger partial charge in [0.05, 0.1) is 6.04 Å². The third-order valence-electron chi connectivity index (χ3n) is 4.87. The van der Waals surface area contributed by atoms with Crippen molar-refractivity contribution >= 4 is 11.8 Å². The van der Waals surface area contributed by atoms with Gasteiger partial charge in [0, 0.05) is 6.04 Å². The van der Waals surface area contributed by atoms with Crippen LogP contribution in [0.2, 0.25) is 0 Å². The minimum Gasteiger partial charge on any atom is -0.368 e. The Kier molecular flexibility index (Phi) is 6.41. The second kappa shape index (κ2) is 7.44. The highest BCUT2D eigenvalue weighted by Gasteiger charge is 2.48. The summed E-state index contributed by atoms with van der Waals surface area (Å²) in [5.41, 5.74) is 11.3. The molecule has 2 aliphatic rings. The molecule has 2 fully saturated rings. The van der Waals surface area contributed by atoms with Gasteiger partial charge in [0.25, 0.3) is 0 Å². The standard InChI is InChI=1S/C15H27N3O2.C2H6/c1-15(2,3)12(16)14(20)18-10-7-5-4-6-9(10)8-11(18)13(17)19;1-2/h9-12H,4-8,16H2,1-3H3,(H2,17,19);1-2H3/t9?,10?,11-,12?;/m0./s1. The molecule has 0 radical (unpaired) electrons. The number of rotatable bonds is 2. The monoisotopic (exact) mass is 311 g/mol. The third-order valence-corrected chi connectivity index (χ3v) is 4.87. The minimum absolute atomic E-state index is 0.115. The van der Waals surface area contributed by atoms with Gasteiger partial charge in [-0.2, -0.15) is 0 Å². The second-order valence-corrected chi connectivity index (χ2v) is 7.35. The van der Waals surface area contributed by atoms with Crippen LogP contribution in [0.3, 0.4) is 0 Å². The normalized spacial score (nSPS) is 29.2. The largest absolute Gasteiger partial charge is 0.368 e. The van der Waals surface area contributed by atoms with E-state index >= 15 is 0 Å². The minimum atomic E-state index is -0.593. The molecular formula is C17H33N3O2. The van der Waals surface area contributed by atoms with Crippen molar-refractivity contribution in [2.75, 3.05) is 0 Å². The lowest BCUT2D eigenvalue weighted by Gasteiger charge is -2.37. The zero-order chi connectivity index (χ0) is 17.1. The van der Waals surface area contributed by atoms with Crippen molar-refractivity contribution in [1.29, 1.82) is 0 Å². The molecule has 5 nitrogen and oxygen atoms in total. The maximum absolute atomic E-state index is 12.8. The lowest BCUT2D eigenvalue weighted by atomic mass is 9.83. The molecule has 1 aliphatic carbocycles. The van der Waals surface area contributed by atoms with Gasteiger partial charge < -0.3 is 16.4 Å². The van der Waals surface area contributed by atoms with E-state index in [0.29, 0.717) is 12.3 Å². The molecule has 4 N–H and O–H groups in total. The van der Waals surface area contributed by atoms with Gasteiger partial charge in [0.2, 0.25) is 11.8 Å². The average molecular weight is 311 g/mol. The number of hydrogen-bond acceptors (Lipinski definition) is 3. The van der Waals surface area contributed by atoms with Gasteiger partial charge >= 0.3 is 0 Å². The predicted octanol–water partition coefficient (Wildman–Crippen LogP) is 2.03. The number of primary amides is 1. The number of likely N-dealkylation sites (tertiary alicyclic amines) is 1. The van der Waals surface area contributed by atoms with Gasteiger partial charge in [-0.15, -0.1) is 0 Å². The molecule has 0 aromatic rings. The smallest absolute Gasteiger partial charge is 0.240 e. The fraction of sp³-hybridized carbons (Fsp3) is 0.882. The van der Waals surface area contributed by atoms with Gasteiger partial charge in [0.1, 0.15) is 6.04 Å². The highest BCUT2D eigenvalue weighted by atomic mass is 16.2. The maximum Gasteiger partial charge on any atom is 0.240 e. The molecule has 4 atom stereocenters. The highest BCUT2D eigenvalue weighted by molar-refractivity contribution is 5.90. The number of fused-ring (bicyclic) bond motifs is 1. The van der Waals surface area contributed by atoms with E-state index in [1.165, 1.54) is 6.42 Å². The molecule has 3 unspecified atom stereocenters. The predicted molar refractivity (Wildman–Crippen MR) is 89.0 cm³/mol. The van der Waals surface area contributed by atoms with E-state index in [4.69, 9.17) is 11.5 Å². The Morgan fingerprint density at radius 3 is 2.18 bits per heavy atom. The molecule has 0 spiro atoms. The molecule has 1 saturated carbocycles. The molecule has 0 aromatic carbocycles. The summed E-state index contributed by atoms with van der Waals surface area (Å²) in [4.78, 5) is 26.2. The molecule has 5 heteroatoms. The van der Waals surface area contributed by atoms with E-state index in [-0.39, 0.29) is 17.4 Å². The molecule has 0 bridgehead atoms. The van der Waals surface area contributed by atoms with Crippen LogP contribution in [0.5, 0.6) is 0 Å². The van der Waals surface area contributed by atoms with Crippen LogP contribution >= 0.6 is 0 Å². The molecule has 2 rings (SSSR count). The van der Waals surface area contributed by atoms with Crippen molar-refractivity contribution in [1.82, 2.24) is 4.90 Å². The Morgan fingerprint density at radius 2 is 1.68 bits per heavy atom. The maximum atomic E-state index is 12.8. The van der Waals surface area contributed by atoms with E-state index in [1.807, 2.05) is 34.6 Å². The summed E-state index contributed by atoms with van der Waals surface area (Å²) in [6.45, 7) is 9.84. The summed E-state index contributed by atoms with van der Waals surface area (Å²) in [6.07, 6.45) is 5.06. The van der Waals surface area contributed by atoms with Crippen LogP contribution in [0, 0.1) is 11.3 Å². The molecule has 1 heterocycles. The fourth-order valence-corrected chi connectivity index (χ4v) is 3.56. The van der Waals surface area contributed by atoms with Crippen LogP contribution < -0.4 is 11.5 Å². The van der Waals surface area contributed by atoms with E-state index in [9.17, 15) is 9.59 Å². The first-order valence-electron chi connectivity index (χ1n) is 8.60. The van der Waals surface area contributed by atoms with Crippen LogP contribution in [-0.4, -0.2) is 34.8 Å². The van der Waals surface area contributed by atoms with Crippen molar-refractivity contribution in [2.24, 2.45) is 22.8 Å². The van der Waals surface area contributed by atoms with Crippen molar-refractivity contribution in [3.05, 3.63) is 0 Å². The first-order chi connectivity index (χ1) is 10.2. The number of hydrogen-bond donors (Lipinski definition) is 2. The summed E-state index contributed by atoms with van der Waals surface area (Å²) in [7, 11) is 0. The van der Waals surface area contributed by atoms with Crippen LogP contribution in [0.4, 0.5) is 0 Å². The van der Waals surface area contributed by atoms with Crippen LogP contribution in [0.15, 0.2) is 0 Å². The average Bonchev–Trinajstić information content (AvgIpc) is 2.86. The zero-order valence-corrected chi connectivity index (χ0v) is 14.8. The van der Waals surface area contributed by atoms with Crippen LogP contribution in [-0.2, 0) is 9.59 Å². The van der Waals surface area contributed by atoms with Gasteiger partial charge in [-0.25, -0.2) is 0 Å². The summed E-state index contributed by atoms with van der Waals surface area (Å²) in [5, 5.41) is 0. The first kappa shape index (κ1) is 18.9. The zero-order valence-electron chi connectivity index (χ0n) is 14.8. The third kappa shape index (κ3) is 3.80. The first-order valence-corrected chi connectivity index (χ1v) is 8.60. The number of amides is 2. The van der Waals surface area contributed by atoms with Gasteiger partial charge in [0.15, 0.2) is 0 Å². The Morgan fingerprint density at radius 1 is 1.14 bits per heavy atom. The number of carbonyl (C=O) groups excluding carboxylic acids is 2.